The molecule has 50 heavy (non-hydrogen) atoms. The highest BCUT2D eigenvalue weighted by Gasteiger charge is 2.44. The maximum Gasteiger partial charge on any atom is 0.238 e. The Morgan fingerprint density at radius 3 is 2.14 bits per heavy atom. The number of benzene rings is 2. The van der Waals surface area contributed by atoms with Crippen LogP contribution >= 0.6 is 0 Å². The van der Waals surface area contributed by atoms with Gasteiger partial charge < -0.3 is 27.0 Å². The van der Waals surface area contributed by atoms with Crippen molar-refractivity contribution in [3.8, 4) is 5.75 Å². The molecule has 0 radical (unpaired) electrons. The number of amides is 1. The van der Waals surface area contributed by atoms with Gasteiger partial charge in [-0.15, -0.1) is 6.58 Å². The van der Waals surface area contributed by atoms with Crippen LogP contribution in [0.3, 0.4) is 0 Å². The summed E-state index contributed by atoms with van der Waals surface area (Å²) in [5, 5.41) is 18.8. The number of aromatic hydroxyl groups is 1. The molecule has 2 aliphatic heterocycles. The third-order valence-electron chi connectivity index (χ3n) is 9.69. The Morgan fingerprint density at radius 2 is 1.64 bits per heavy atom. The smallest absolute Gasteiger partial charge is 0.238 e. The molecule has 2 saturated heterocycles. The SMILES string of the molecule is C=CC(C)(O)CCC=C(C)C.Cc1ccc(C(C)C)cc1O.N.NC(=O)C1(N2CCCCC2)CCN(CCCC(=O)c2ccc(F)cc2)CC1. The average Bonchev–Trinajstić information content (AvgIpc) is 3.07. The molecular weight excluding hydrogens is 631 g/mol. The lowest BCUT2D eigenvalue weighted by Gasteiger charge is -2.48. The highest BCUT2D eigenvalue weighted by molar-refractivity contribution is 5.95. The Kier molecular flexibility index (Phi) is 19.4. The van der Waals surface area contributed by atoms with Gasteiger partial charge in [0.15, 0.2) is 5.78 Å². The number of halogens is 1. The molecule has 1 unspecified atom stereocenters. The number of hydrogen-bond acceptors (Lipinski definition) is 7. The summed E-state index contributed by atoms with van der Waals surface area (Å²) in [5.74, 6) is 0.423. The van der Waals surface area contributed by atoms with Gasteiger partial charge in [-0.05, 0) is 140 Å². The van der Waals surface area contributed by atoms with E-state index in [0.717, 1.165) is 83.2 Å². The summed E-state index contributed by atoms with van der Waals surface area (Å²) in [7, 11) is 0. The number of allylic oxidation sites excluding steroid dienone is 2. The topological polar surface area (TPSA) is 142 Å². The van der Waals surface area contributed by atoms with Crippen LogP contribution in [-0.2, 0) is 4.79 Å². The molecule has 7 N–H and O–H groups in total. The van der Waals surface area contributed by atoms with Crippen LogP contribution < -0.4 is 11.9 Å². The number of aliphatic hydroxyl groups is 1. The summed E-state index contributed by atoms with van der Waals surface area (Å²) in [6.07, 6.45) is 11.7. The van der Waals surface area contributed by atoms with E-state index in [-0.39, 0.29) is 23.7 Å². The lowest BCUT2D eigenvalue weighted by Crippen LogP contribution is -2.63. The third kappa shape index (κ3) is 14.9. The molecule has 2 aromatic rings. The molecule has 1 atom stereocenters. The van der Waals surface area contributed by atoms with E-state index < -0.39 is 11.1 Å². The minimum atomic E-state index is -0.702. The van der Waals surface area contributed by atoms with Crippen molar-refractivity contribution in [2.24, 2.45) is 5.73 Å². The standard InChI is InChI=1S/C21H30FN3O2.C10H14O.C10H18O.H3N/c22-18-8-6-17(7-9-18)19(26)5-4-12-24-15-10-21(11-16-24,20(23)27)25-13-2-1-3-14-25;1-7(2)9-5-4-8(3)10(11)6-9;1-5-10(4,11)8-6-7-9(2)3;/h6-9H,1-5,10-16H2,(H2,23,27);4-7,11H,1-3H3;5,7,11H,1,6,8H2,2-4H3;1H3. The molecule has 2 aromatic carbocycles. The van der Waals surface area contributed by atoms with Crippen molar-refractivity contribution in [3.63, 3.8) is 0 Å². The van der Waals surface area contributed by atoms with Gasteiger partial charge in [-0.25, -0.2) is 4.39 Å². The van der Waals surface area contributed by atoms with Crippen LogP contribution in [0.5, 0.6) is 5.75 Å². The van der Waals surface area contributed by atoms with Gasteiger partial charge in [-0.1, -0.05) is 50.1 Å². The van der Waals surface area contributed by atoms with E-state index >= 15 is 0 Å². The minimum Gasteiger partial charge on any atom is -0.508 e. The molecule has 1 amide bonds. The molecule has 0 bridgehead atoms. The summed E-state index contributed by atoms with van der Waals surface area (Å²) in [6.45, 7) is 20.0. The number of rotatable bonds is 12. The number of hydrogen-bond donors (Lipinski definition) is 4. The number of carbonyl (C=O) groups excluding carboxylic acids is 2. The average molecular weight is 697 g/mol. The second-order valence-corrected chi connectivity index (χ2v) is 14.4. The lowest BCUT2D eigenvalue weighted by molar-refractivity contribution is -0.135. The Labute approximate surface area is 301 Å². The molecule has 0 aliphatic carbocycles. The molecule has 9 heteroatoms. The normalized spacial score (nSPS) is 17.1. The summed E-state index contributed by atoms with van der Waals surface area (Å²) < 4.78 is 12.9. The summed E-state index contributed by atoms with van der Waals surface area (Å²) >= 11 is 0. The second kappa shape index (κ2) is 21.8. The highest BCUT2D eigenvalue weighted by atomic mass is 19.1. The van der Waals surface area contributed by atoms with Crippen LogP contribution in [0, 0.1) is 12.7 Å². The fourth-order valence-corrected chi connectivity index (χ4v) is 6.17. The summed E-state index contributed by atoms with van der Waals surface area (Å²) in [5.41, 5.74) is 8.62. The number of ketones is 1. The van der Waals surface area contributed by atoms with E-state index in [1.807, 2.05) is 19.1 Å². The van der Waals surface area contributed by atoms with Crippen molar-refractivity contribution < 1.29 is 24.2 Å². The van der Waals surface area contributed by atoms with Crippen molar-refractivity contribution in [3.05, 3.63) is 89.3 Å². The first kappa shape index (κ1) is 44.7. The molecule has 8 nitrogen and oxygen atoms in total. The number of Topliss-reactive ketones (excluding diaryl/α,β-unsaturated/α-hetero) is 1. The summed E-state index contributed by atoms with van der Waals surface area (Å²) in [4.78, 5) is 29.1. The Morgan fingerprint density at radius 1 is 1.04 bits per heavy atom. The molecule has 2 fully saturated rings. The number of carbonyl (C=O) groups is 2. The lowest BCUT2D eigenvalue weighted by atomic mass is 9.83. The van der Waals surface area contributed by atoms with Gasteiger partial charge >= 0.3 is 0 Å². The number of nitrogens with zero attached hydrogens (tertiary/aromatic N) is 2. The number of aryl methyl sites for hydroxylation is 1. The number of primary amides is 1. The molecule has 0 spiro atoms. The molecule has 2 aliphatic rings. The van der Waals surface area contributed by atoms with Gasteiger partial charge in [0, 0.05) is 25.1 Å². The Hall–Kier alpha value is -3.37. The first-order valence-corrected chi connectivity index (χ1v) is 17.9. The summed E-state index contributed by atoms with van der Waals surface area (Å²) in [6, 6.07) is 11.6. The molecule has 0 saturated carbocycles. The molecule has 2 heterocycles. The van der Waals surface area contributed by atoms with E-state index in [1.54, 1.807) is 25.1 Å². The first-order chi connectivity index (χ1) is 23.1. The number of nitrogens with two attached hydrogens (primary N) is 1. The van der Waals surface area contributed by atoms with Crippen molar-refractivity contribution in [1.29, 1.82) is 0 Å². The second-order valence-electron chi connectivity index (χ2n) is 14.4. The van der Waals surface area contributed by atoms with Crippen LogP contribution in [-0.4, -0.2) is 75.6 Å². The van der Waals surface area contributed by atoms with Crippen LogP contribution in [0.2, 0.25) is 0 Å². The number of piperidine rings is 2. The van der Waals surface area contributed by atoms with E-state index in [2.05, 4.69) is 56.2 Å². The number of phenolic OH excluding ortho intramolecular Hbond substituents is 1. The van der Waals surface area contributed by atoms with Gasteiger partial charge in [0.05, 0.1) is 5.60 Å². The third-order valence-corrected chi connectivity index (χ3v) is 9.69. The van der Waals surface area contributed by atoms with Gasteiger partial charge in [0.2, 0.25) is 5.91 Å². The fraction of sp³-hybridized carbons (Fsp3) is 0.561. The van der Waals surface area contributed by atoms with Gasteiger partial charge in [0.1, 0.15) is 17.1 Å². The van der Waals surface area contributed by atoms with Crippen LogP contribution in [0.15, 0.2) is 66.8 Å². The zero-order valence-electron chi connectivity index (χ0n) is 31.6. The van der Waals surface area contributed by atoms with Crippen LogP contribution in [0.1, 0.15) is 120 Å². The highest BCUT2D eigenvalue weighted by Crippen LogP contribution is 2.31. The first-order valence-electron chi connectivity index (χ1n) is 17.9. The fourth-order valence-electron chi connectivity index (χ4n) is 6.17. The van der Waals surface area contributed by atoms with Gasteiger partial charge in [-0.2, -0.15) is 0 Å². The molecule has 280 valence electrons. The maximum atomic E-state index is 12.9. The largest absolute Gasteiger partial charge is 0.508 e. The number of phenols is 1. The Bertz CT molecular complexity index is 1360. The van der Waals surface area contributed by atoms with Gasteiger partial charge in [0.25, 0.3) is 0 Å². The molecule has 4 rings (SSSR count). The Balaban J connectivity index is 0.000000450. The van der Waals surface area contributed by atoms with E-state index in [0.29, 0.717) is 23.7 Å². The minimum absolute atomic E-state index is 0. The van der Waals surface area contributed by atoms with E-state index in [1.165, 1.54) is 29.7 Å². The zero-order chi connectivity index (χ0) is 36.6. The van der Waals surface area contributed by atoms with Crippen LogP contribution in [0.25, 0.3) is 0 Å². The van der Waals surface area contributed by atoms with Crippen molar-refractivity contribution in [1.82, 2.24) is 16.0 Å². The van der Waals surface area contributed by atoms with E-state index in [4.69, 9.17) is 5.73 Å². The molecule has 0 aromatic heterocycles. The zero-order valence-corrected chi connectivity index (χ0v) is 31.6. The predicted octanol–water partition coefficient (Wildman–Crippen LogP) is 8.25. The van der Waals surface area contributed by atoms with Crippen LogP contribution in [0.4, 0.5) is 4.39 Å². The van der Waals surface area contributed by atoms with Gasteiger partial charge in [-0.3, -0.25) is 14.5 Å². The van der Waals surface area contributed by atoms with Crippen molar-refractivity contribution in [2.45, 2.75) is 116 Å². The quantitative estimate of drug-likeness (QED) is 0.129. The van der Waals surface area contributed by atoms with Crippen molar-refractivity contribution >= 4 is 11.7 Å². The predicted molar refractivity (Wildman–Crippen MR) is 204 cm³/mol. The van der Waals surface area contributed by atoms with E-state index in [9.17, 15) is 24.2 Å². The molecular formula is C41H65FN4O4. The number of likely N-dealkylation sites (tertiary alicyclic amines) is 2. The monoisotopic (exact) mass is 696 g/mol. The van der Waals surface area contributed by atoms with Crippen molar-refractivity contribution in [2.75, 3.05) is 32.7 Å². The maximum absolute atomic E-state index is 12.9.